The zero-order chi connectivity index (χ0) is 13.0. The fourth-order valence-electron chi connectivity index (χ4n) is 2.23. The second-order valence-electron chi connectivity index (χ2n) is 4.91. The Morgan fingerprint density at radius 2 is 1.78 bits per heavy atom. The molecule has 0 atom stereocenters. The molecule has 1 saturated carbocycles. The summed E-state index contributed by atoms with van der Waals surface area (Å²) in [4.78, 5) is 10.9. The van der Waals surface area contributed by atoms with Crippen LogP contribution in [0, 0.1) is 0 Å². The smallest absolute Gasteiger partial charge is 0.248 e. The van der Waals surface area contributed by atoms with Crippen molar-refractivity contribution in [2.45, 2.75) is 44.4 Å². The Bertz CT molecular complexity index is 395. The second-order valence-corrected chi connectivity index (χ2v) is 4.91. The maximum Gasteiger partial charge on any atom is 0.248 e. The standard InChI is InChI=1S/C14H20N2O2/c15-12-5-7-13(8-6-12)18-9-10-1-3-11(4-2-10)14(16)17/h1-4,12-13H,5-9,15H2,(H2,16,17). The van der Waals surface area contributed by atoms with E-state index in [0.717, 1.165) is 31.2 Å². The summed E-state index contributed by atoms with van der Waals surface area (Å²) in [5, 5.41) is 0. The number of amides is 1. The molecule has 1 amide bonds. The minimum absolute atomic E-state index is 0.320. The Labute approximate surface area is 107 Å². The van der Waals surface area contributed by atoms with Gasteiger partial charge in [-0.3, -0.25) is 4.79 Å². The molecule has 98 valence electrons. The van der Waals surface area contributed by atoms with Crippen molar-refractivity contribution in [1.29, 1.82) is 0 Å². The predicted octanol–water partition coefficient (Wildman–Crippen LogP) is 1.57. The average molecular weight is 248 g/mol. The van der Waals surface area contributed by atoms with E-state index in [1.807, 2.05) is 12.1 Å². The normalized spacial score (nSPS) is 23.8. The molecular formula is C14H20N2O2. The van der Waals surface area contributed by atoms with Gasteiger partial charge in [-0.2, -0.15) is 0 Å². The number of carbonyl (C=O) groups excluding carboxylic acids is 1. The van der Waals surface area contributed by atoms with Crippen LogP contribution < -0.4 is 11.5 Å². The van der Waals surface area contributed by atoms with Crippen molar-refractivity contribution in [2.24, 2.45) is 11.5 Å². The first-order valence-electron chi connectivity index (χ1n) is 6.41. The van der Waals surface area contributed by atoms with Gasteiger partial charge in [0.15, 0.2) is 0 Å². The molecule has 0 heterocycles. The quantitative estimate of drug-likeness (QED) is 0.849. The molecule has 1 aliphatic carbocycles. The molecule has 4 heteroatoms. The predicted molar refractivity (Wildman–Crippen MR) is 70.0 cm³/mol. The molecule has 2 rings (SSSR count). The monoisotopic (exact) mass is 248 g/mol. The fourth-order valence-corrected chi connectivity index (χ4v) is 2.23. The first-order valence-corrected chi connectivity index (χ1v) is 6.41. The summed E-state index contributed by atoms with van der Waals surface area (Å²) in [5.41, 5.74) is 12.6. The first-order chi connectivity index (χ1) is 8.65. The van der Waals surface area contributed by atoms with E-state index in [-0.39, 0.29) is 0 Å². The molecule has 0 bridgehead atoms. The highest BCUT2D eigenvalue weighted by molar-refractivity contribution is 5.92. The minimum Gasteiger partial charge on any atom is -0.374 e. The van der Waals surface area contributed by atoms with Crippen LogP contribution in [0.2, 0.25) is 0 Å². The Balaban J connectivity index is 1.81. The molecule has 4 N–H and O–H groups in total. The van der Waals surface area contributed by atoms with Gasteiger partial charge in [-0.1, -0.05) is 12.1 Å². The molecule has 1 aliphatic rings. The lowest BCUT2D eigenvalue weighted by Crippen LogP contribution is -2.30. The third-order valence-electron chi connectivity index (χ3n) is 3.44. The number of benzene rings is 1. The van der Waals surface area contributed by atoms with Crippen LogP contribution in [-0.4, -0.2) is 18.1 Å². The van der Waals surface area contributed by atoms with E-state index >= 15 is 0 Å². The van der Waals surface area contributed by atoms with Crippen LogP contribution in [0.5, 0.6) is 0 Å². The molecule has 1 aromatic rings. The van der Waals surface area contributed by atoms with Crippen molar-refractivity contribution in [3.05, 3.63) is 35.4 Å². The highest BCUT2D eigenvalue weighted by Crippen LogP contribution is 2.21. The van der Waals surface area contributed by atoms with E-state index in [1.165, 1.54) is 0 Å². The molecular weight excluding hydrogens is 228 g/mol. The Kier molecular flexibility index (Phi) is 4.33. The lowest BCUT2D eigenvalue weighted by Gasteiger charge is -2.26. The van der Waals surface area contributed by atoms with E-state index in [4.69, 9.17) is 16.2 Å². The van der Waals surface area contributed by atoms with Crippen molar-refractivity contribution in [2.75, 3.05) is 0 Å². The highest BCUT2D eigenvalue weighted by Gasteiger charge is 2.18. The van der Waals surface area contributed by atoms with Crippen molar-refractivity contribution >= 4 is 5.91 Å². The lowest BCUT2D eigenvalue weighted by molar-refractivity contribution is 0.0138. The molecule has 1 aromatic carbocycles. The van der Waals surface area contributed by atoms with Crippen molar-refractivity contribution in [3.8, 4) is 0 Å². The van der Waals surface area contributed by atoms with Crippen molar-refractivity contribution in [1.82, 2.24) is 0 Å². The minimum atomic E-state index is -0.399. The number of primary amides is 1. The van der Waals surface area contributed by atoms with Gasteiger partial charge in [0, 0.05) is 11.6 Å². The van der Waals surface area contributed by atoms with E-state index in [0.29, 0.717) is 24.3 Å². The van der Waals surface area contributed by atoms with Gasteiger partial charge in [0.25, 0.3) is 0 Å². The van der Waals surface area contributed by atoms with E-state index in [2.05, 4.69) is 0 Å². The van der Waals surface area contributed by atoms with E-state index in [1.54, 1.807) is 12.1 Å². The molecule has 0 spiro atoms. The molecule has 1 fully saturated rings. The topological polar surface area (TPSA) is 78.3 Å². The van der Waals surface area contributed by atoms with Gasteiger partial charge >= 0.3 is 0 Å². The van der Waals surface area contributed by atoms with Crippen LogP contribution in [0.3, 0.4) is 0 Å². The zero-order valence-corrected chi connectivity index (χ0v) is 10.5. The molecule has 0 aliphatic heterocycles. The largest absolute Gasteiger partial charge is 0.374 e. The third-order valence-corrected chi connectivity index (χ3v) is 3.44. The van der Waals surface area contributed by atoms with Gasteiger partial charge in [-0.15, -0.1) is 0 Å². The van der Waals surface area contributed by atoms with Gasteiger partial charge in [0.05, 0.1) is 12.7 Å². The summed E-state index contributed by atoms with van der Waals surface area (Å²) in [5.74, 6) is -0.399. The number of carbonyl (C=O) groups is 1. The van der Waals surface area contributed by atoms with Crippen LogP contribution in [0.25, 0.3) is 0 Å². The van der Waals surface area contributed by atoms with Gasteiger partial charge in [-0.05, 0) is 43.4 Å². The molecule has 0 radical (unpaired) electrons. The molecule has 18 heavy (non-hydrogen) atoms. The Morgan fingerprint density at radius 3 is 2.33 bits per heavy atom. The number of rotatable bonds is 4. The van der Waals surface area contributed by atoms with Gasteiger partial charge in [0.1, 0.15) is 0 Å². The van der Waals surface area contributed by atoms with Crippen molar-refractivity contribution < 1.29 is 9.53 Å². The number of hydrogen-bond acceptors (Lipinski definition) is 3. The van der Waals surface area contributed by atoms with Crippen LogP contribution in [0.4, 0.5) is 0 Å². The van der Waals surface area contributed by atoms with Crippen LogP contribution in [0.15, 0.2) is 24.3 Å². The SMILES string of the molecule is NC(=O)c1ccc(COC2CCC(N)CC2)cc1. The summed E-state index contributed by atoms with van der Waals surface area (Å²) in [6, 6.07) is 7.58. The maximum atomic E-state index is 10.9. The summed E-state index contributed by atoms with van der Waals surface area (Å²) in [6.45, 7) is 0.582. The lowest BCUT2D eigenvalue weighted by atomic mass is 9.94. The van der Waals surface area contributed by atoms with Gasteiger partial charge in [-0.25, -0.2) is 0 Å². The first kappa shape index (κ1) is 13.1. The van der Waals surface area contributed by atoms with E-state index < -0.39 is 5.91 Å². The Hall–Kier alpha value is -1.39. The fraction of sp³-hybridized carbons (Fsp3) is 0.500. The van der Waals surface area contributed by atoms with Crippen molar-refractivity contribution in [3.63, 3.8) is 0 Å². The van der Waals surface area contributed by atoms with Crippen LogP contribution >= 0.6 is 0 Å². The number of nitrogens with two attached hydrogens (primary N) is 2. The third kappa shape index (κ3) is 3.55. The molecule has 0 saturated heterocycles. The molecule has 4 nitrogen and oxygen atoms in total. The summed E-state index contributed by atoms with van der Waals surface area (Å²) in [7, 11) is 0. The average Bonchev–Trinajstić information content (AvgIpc) is 2.38. The zero-order valence-electron chi connectivity index (χ0n) is 10.5. The summed E-state index contributed by atoms with van der Waals surface area (Å²) in [6.07, 6.45) is 4.50. The molecule has 0 unspecified atom stereocenters. The second kappa shape index (κ2) is 5.98. The highest BCUT2D eigenvalue weighted by atomic mass is 16.5. The summed E-state index contributed by atoms with van der Waals surface area (Å²) >= 11 is 0. The summed E-state index contributed by atoms with van der Waals surface area (Å²) < 4.78 is 5.85. The van der Waals surface area contributed by atoms with Gasteiger partial charge in [0.2, 0.25) is 5.91 Å². The van der Waals surface area contributed by atoms with Crippen LogP contribution in [-0.2, 0) is 11.3 Å². The van der Waals surface area contributed by atoms with E-state index in [9.17, 15) is 4.79 Å². The van der Waals surface area contributed by atoms with Crippen LogP contribution in [0.1, 0.15) is 41.6 Å². The molecule has 0 aromatic heterocycles. The van der Waals surface area contributed by atoms with Gasteiger partial charge < -0.3 is 16.2 Å². The maximum absolute atomic E-state index is 10.9. The number of ether oxygens (including phenoxy) is 1. The Morgan fingerprint density at radius 1 is 1.17 bits per heavy atom. The number of hydrogen-bond donors (Lipinski definition) is 2.